The first-order valence-electron chi connectivity index (χ1n) is 24.6. The molecule has 24 heteroatoms. The molecule has 3 heterocycles. The smallest absolute Gasteiger partial charge is 0.408 e. The fraction of sp³-hybridized carbons (Fsp3) is 0.646. The Hall–Kier alpha value is -6.85. The number of amides is 11. The van der Waals surface area contributed by atoms with Gasteiger partial charge in [0, 0.05) is 54.4 Å². The van der Waals surface area contributed by atoms with E-state index in [-0.39, 0.29) is 51.9 Å². The molecule has 7 N–H and O–H groups in total. The van der Waals surface area contributed by atoms with Crippen LogP contribution in [0.1, 0.15) is 77.2 Å². The summed E-state index contributed by atoms with van der Waals surface area (Å²) < 4.78 is 5.43. The molecule has 0 bridgehead atoms. The van der Waals surface area contributed by atoms with E-state index in [2.05, 4.69) is 26.6 Å². The number of piperidine rings is 2. The molecule has 5 rings (SSSR count). The van der Waals surface area contributed by atoms with Crippen LogP contribution >= 0.6 is 0 Å². The molecule has 1 aromatic carbocycles. The Balaban J connectivity index is 1.39. The third kappa shape index (κ3) is 14.0. The monoisotopic (exact) mass is 1010 g/mol. The summed E-state index contributed by atoms with van der Waals surface area (Å²) in [4.78, 5) is 158. The van der Waals surface area contributed by atoms with Crippen LogP contribution in [0.5, 0.6) is 0 Å². The molecule has 4 aliphatic rings. The molecule has 3 saturated heterocycles. The fourth-order valence-electron chi connectivity index (χ4n) is 9.39. The van der Waals surface area contributed by atoms with Gasteiger partial charge in [0.2, 0.25) is 59.1 Å². The number of alkyl carbamates (subject to hydrolysis) is 1. The number of benzene rings is 1. The van der Waals surface area contributed by atoms with Gasteiger partial charge in [0.25, 0.3) is 0 Å². The number of hydrogen-bond acceptors (Lipinski definition) is 13. The summed E-state index contributed by atoms with van der Waals surface area (Å²) in [5.74, 6) is -6.77. The molecule has 24 nitrogen and oxygen atoms in total. The summed E-state index contributed by atoms with van der Waals surface area (Å²) in [5.41, 5.74) is 5.59. The molecule has 0 unspecified atom stereocenters. The first kappa shape index (κ1) is 56.1. The maximum Gasteiger partial charge on any atom is 0.408 e. The Morgan fingerprint density at radius 3 is 1.75 bits per heavy atom. The fourth-order valence-corrected chi connectivity index (χ4v) is 9.39. The molecule has 11 amide bonds. The minimum absolute atomic E-state index is 0.0970. The van der Waals surface area contributed by atoms with Gasteiger partial charge in [0.05, 0.1) is 26.2 Å². The molecule has 1 aromatic rings. The van der Waals surface area contributed by atoms with Gasteiger partial charge in [-0.05, 0) is 69.3 Å². The second-order valence-corrected chi connectivity index (χ2v) is 19.4. The molecule has 4 fully saturated rings. The van der Waals surface area contributed by atoms with E-state index in [1.807, 2.05) is 0 Å². The predicted molar refractivity (Wildman–Crippen MR) is 258 cm³/mol. The SMILES string of the molecule is CC(C)[C@H]1C(=O)NC[C@@H](N)C(=O)N2CCCC[C@H]2C(=O)NCC(=O)N(C)CC(=O)N(C)C2(CCC2)C(=O)NC[C@@H](NC(=O)OCc2ccccc2)C(=O)N2CCCC[C@H]2C(=O)NCC(=O)N(C)CC(=O)N1C. The van der Waals surface area contributed by atoms with Crippen LogP contribution in [-0.2, 0) is 59.3 Å². The van der Waals surface area contributed by atoms with Crippen LogP contribution in [0.3, 0.4) is 0 Å². The highest BCUT2D eigenvalue weighted by Crippen LogP contribution is 2.37. The zero-order valence-corrected chi connectivity index (χ0v) is 42.2. The quantitative estimate of drug-likeness (QED) is 0.184. The predicted octanol–water partition coefficient (Wildman–Crippen LogP) is -2.37. The van der Waals surface area contributed by atoms with Crippen LogP contribution in [0.2, 0.25) is 0 Å². The first-order valence-corrected chi connectivity index (χ1v) is 24.6. The topological polar surface area (TPSA) is 303 Å². The van der Waals surface area contributed by atoms with E-state index >= 15 is 0 Å². The standard InChI is InChI=1S/C48H72N12O12/c1-30(2)40-43(67)50-23-32(49)44(68)59-21-12-10-17-34(59)41(65)51-26-37(62)56(4)28-39(64)58(6)48(19-14-20-48)46(70)53-24-33(54-47(71)72-29-31-15-8-7-9-16-31)45(69)60-22-13-11-18-35(60)42(66)52-25-36(61)55(3)27-38(63)57(40)5/h7-9,15-16,30,32-35,40H,10-14,17-29,49H2,1-6H3,(H,50,67)(H,51,65)(H,52,66)(H,53,70)(H,54,71)/t32-,33-,34+,35+,40+/m1/s1. The van der Waals surface area contributed by atoms with Crippen LogP contribution in [0.4, 0.5) is 4.79 Å². The summed E-state index contributed by atoms with van der Waals surface area (Å²) >= 11 is 0. The summed E-state index contributed by atoms with van der Waals surface area (Å²) in [6, 6.07) is 2.95. The molecule has 1 aliphatic carbocycles. The number of hydrogen-bond donors (Lipinski definition) is 6. The van der Waals surface area contributed by atoms with E-state index in [1.54, 1.807) is 44.2 Å². The van der Waals surface area contributed by atoms with Gasteiger partial charge in [-0.25, -0.2) is 4.79 Å². The number of carbonyl (C=O) groups is 11. The van der Waals surface area contributed by atoms with Gasteiger partial charge in [-0.1, -0.05) is 44.2 Å². The minimum atomic E-state index is -1.46. The zero-order chi connectivity index (χ0) is 52.9. The zero-order valence-electron chi connectivity index (χ0n) is 42.2. The van der Waals surface area contributed by atoms with E-state index < -0.39 is 140 Å². The van der Waals surface area contributed by atoms with Gasteiger partial charge in [-0.3, -0.25) is 47.9 Å². The van der Waals surface area contributed by atoms with Gasteiger partial charge in [0.1, 0.15) is 42.4 Å². The Morgan fingerprint density at radius 1 is 0.681 bits per heavy atom. The first-order chi connectivity index (χ1) is 34.2. The van der Waals surface area contributed by atoms with Gasteiger partial charge in [-0.2, -0.15) is 0 Å². The normalized spacial score (nSPS) is 25.8. The van der Waals surface area contributed by atoms with Crippen LogP contribution in [0.15, 0.2) is 30.3 Å². The lowest BCUT2D eigenvalue weighted by molar-refractivity contribution is -0.154. The number of nitrogens with zero attached hydrogens (tertiary/aromatic N) is 6. The average Bonchev–Trinajstić information content (AvgIpc) is 3.35. The molecular formula is C48H72N12O12. The molecule has 72 heavy (non-hydrogen) atoms. The van der Waals surface area contributed by atoms with Crippen molar-refractivity contribution in [2.24, 2.45) is 11.7 Å². The van der Waals surface area contributed by atoms with Gasteiger partial charge >= 0.3 is 6.09 Å². The van der Waals surface area contributed by atoms with Crippen molar-refractivity contribution in [3.8, 4) is 0 Å². The van der Waals surface area contributed by atoms with Crippen LogP contribution < -0.4 is 32.3 Å². The highest BCUT2D eigenvalue weighted by Gasteiger charge is 2.50. The molecule has 0 radical (unpaired) electrons. The van der Waals surface area contributed by atoms with Gasteiger partial charge in [-0.15, -0.1) is 0 Å². The van der Waals surface area contributed by atoms with Crippen LogP contribution in [0.25, 0.3) is 0 Å². The number of likely N-dealkylation sites (N-methyl/N-ethyl adjacent to an activating group) is 4. The minimum Gasteiger partial charge on any atom is -0.445 e. The molecule has 1 saturated carbocycles. The number of rotatable bonds is 4. The van der Waals surface area contributed by atoms with Crippen molar-refractivity contribution >= 4 is 65.2 Å². The van der Waals surface area contributed by atoms with E-state index in [4.69, 9.17) is 10.5 Å². The van der Waals surface area contributed by atoms with Crippen molar-refractivity contribution in [2.45, 2.75) is 114 Å². The van der Waals surface area contributed by atoms with Gasteiger partial charge < -0.3 is 66.5 Å². The molecule has 1 spiro atoms. The maximum atomic E-state index is 14.5. The van der Waals surface area contributed by atoms with Crippen molar-refractivity contribution in [2.75, 3.05) is 80.5 Å². The number of fused-ring (bicyclic) bond motifs is 2. The lowest BCUT2D eigenvalue weighted by Gasteiger charge is -2.47. The van der Waals surface area contributed by atoms with E-state index in [1.165, 1.54) is 47.8 Å². The highest BCUT2D eigenvalue weighted by atomic mass is 16.5. The number of ether oxygens (including phenoxy) is 1. The second-order valence-electron chi connectivity index (χ2n) is 19.4. The largest absolute Gasteiger partial charge is 0.445 e. The number of nitrogens with one attached hydrogen (secondary N) is 5. The van der Waals surface area contributed by atoms with Crippen LogP contribution in [0, 0.1) is 5.92 Å². The lowest BCUT2D eigenvalue weighted by Crippen LogP contribution is -2.66. The van der Waals surface area contributed by atoms with Crippen molar-refractivity contribution < 1.29 is 57.5 Å². The summed E-state index contributed by atoms with van der Waals surface area (Å²) in [6.07, 6.45) is 2.82. The third-order valence-corrected chi connectivity index (χ3v) is 14.0. The van der Waals surface area contributed by atoms with E-state index in [9.17, 15) is 52.7 Å². The average molecular weight is 1010 g/mol. The van der Waals surface area contributed by atoms with E-state index in [0.29, 0.717) is 37.7 Å². The molecule has 5 atom stereocenters. The summed E-state index contributed by atoms with van der Waals surface area (Å²) in [5, 5.41) is 13.1. The molecule has 3 aliphatic heterocycles. The molecule has 396 valence electrons. The van der Waals surface area contributed by atoms with Gasteiger partial charge in [0.15, 0.2) is 0 Å². The lowest BCUT2D eigenvalue weighted by atomic mass is 9.74. The van der Waals surface area contributed by atoms with E-state index in [0.717, 1.165) is 9.80 Å². The van der Waals surface area contributed by atoms with Crippen molar-refractivity contribution in [3.05, 3.63) is 35.9 Å². The second kappa shape index (κ2) is 25.5. The van der Waals surface area contributed by atoms with Crippen molar-refractivity contribution in [1.29, 1.82) is 0 Å². The van der Waals surface area contributed by atoms with Crippen molar-refractivity contribution in [3.63, 3.8) is 0 Å². The molecule has 0 aromatic heterocycles. The number of carbonyl (C=O) groups excluding carboxylic acids is 11. The third-order valence-electron chi connectivity index (χ3n) is 14.0. The summed E-state index contributed by atoms with van der Waals surface area (Å²) in [7, 11) is 5.55. The molecular weight excluding hydrogens is 937 g/mol. The van der Waals surface area contributed by atoms with Crippen LogP contribution in [-0.4, -0.2) is 211 Å². The Morgan fingerprint density at radius 2 is 1.22 bits per heavy atom. The maximum absolute atomic E-state index is 14.5. The Kier molecular flexibility index (Phi) is 19.9. The number of nitrogens with two attached hydrogens (primary N) is 1. The Labute approximate surface area is 419 Å². The summed E-state index contributed by atoms with van der Waals surface area (Å²) in [6.45, 7) is 0.778. The Bertz CT molecular complexity index is 2190. The highest BCUT2D eigenvalue weighted by molar-refractivity contribution is 5.97. The van der Waals surface area contributed by atoms with Crippen molar-refractivity contribution in [1.82, 2.24) is 56.0 Å².